The maximum Gasteiger partial charge on any atom is 0.247 e. The number of hydrogen-bond acceptors (Lipinski definition) is 7. The van der Waals surface area contributed by atoms with Crippen molar-refractivity contribution in [2.24, 2.45) is 7.05 Å². The minimum absolute atomic E-state index is 0.0617. The van der Waals surface area contributed by atoms with Gasteiger partial charge in [0.2, 0.25) is 11.8 Å². The van der Waals surface area contributed by atoms with Crippen molar-refractivity contribution in [3.8, 4) is 28.6 Å². The average Bonchev–Trinajstić information content (AvgIpc) is 3.37. The highest BCUT2D eigenvalue weighted by atomic mass is 32.2. The van der Waals surface area contributed by atoms with Crippen molar-refractivity contribution in [2.75, 3.05) is 7.11 Å². The molecule has 1 atom stereocenters. The Balaban J connectivity index is 1.51. The summed E-state index contributed by atoms with van der Waals surface area (Å²) in [6.07, 6.45) is 0. The molecule has 0 bridgehead atoms. The lowest BCUT2D eigenvalue weighted by Gasteiger charge is -2.07. The van der Waals surface area contributed by atoms with Crippen LogP contribution in [0.1, 0.15) is 23.6 Å². The van der Waals surface area contributed by atoms with Crippen LogP contribution in [0.25, 0.3) is 22.8 Å². The predicted octanol–water partition coefficient (Wildman–Crippen LogP) is 4.70. The second-order valence-electron chi connectivity index (χ2n) is 6.67. The molecule has 4 aromatic rings. The second kappa shape index (κ2) is 8.08. The van der Waals surface area contributed by atoms with E-state index in [0.29, 0.717) is 11.8 Å². The van der Waals surface area contributed by atoms with Crippen LogP contribution in [0.2, 0.25) is 0 Å². The van der Waals surface area contributed by atoms with Gasteiger partial charge in [0.25, 0.3) is 0 Å². The molecule has 4 rings (SSSR count). The molecule has 0 aliphatic carbocycles. The Morgan fingerprint density at radius 1 is 0.931 bits per heavy atom. The van der Waals surface area contributed by atoms with Gasteiger partial charge < -0.3 is 13.7 Å². The Bertz CT molecular complexity index is 1100. The number of aryl methyl sites for hydroxylation is 1. The molecule has 0 unspecified atom stereocenters. The van der Waals surface area contributed by atoms with Crippen LogP contribution >= 0.6 is 11.8 Å². The van der Waals surface area contributed by atoms with E-state index >= 15 is 0 Å². The molecule has 29 heavy (non-hydrogen) atoms. The van der Waals surface area contributed by atoms with Crippen molar-refractivity contribution in [1.29, 1.82) is 0 Å². The highest BCUT2D eigenvalue weighted by Crippen LogP contribution is 2.35. The van der Waals surface area contributed by atoms with E-state index < -0.39 is 0 Å². The lowest BCUT2D eigenvalue weighted by Crippen LogP contribution is -1.97. The Labute approximate surface area is 173 Å². The minimum Gasteiger partial charge on any atom is -0.497 e. The van der Waals surface area contributed by atoms with Crippen LogP contribution in [-0.4, -0.2) is 32.1 Å². The summed E-state index contributed by atoms with van der Waals surface area (Å²) >= 11 is 1.53. The molecule has 2 aromatic carbocycles. The summed E-state index contributed by atoms with van der Waals surface area (Å²) in [6.45, 7) is 4.06. The Hall–Kier alpha value is -3.13. The first kappa shape index (κ1) is 19.2. The molecule has 2 heterocycles. The van der Waals surface area contributed by atoms with Crippen LogP contribution in [0, 0.1) is 6.92 Å². The van der Waals surface area contributed by atoms with E-state index in [2.05, 4.69) is 20.4 Å². The van der Waals surface area contributed by atoms with Gasteiger partial charge in [-0.05, 0) is 50.2 Å². The molecular weight excluding hydrogens is 386 g/mol. The van der Waals surface area contributed by atoms with Crippen molar-refractivity contribution >= 4 is 11.8 Å². The number of methoxy groups -OCH3 is 1. The number of hydrogen-bond donors (Lipinski definition) is 0. The molecule has 0 saturated carbocycles. The summed E-state index contributed by atoms with van der Waals surface area (Å²) in [4.78, 5) is 0. The van der Waals surface area contributed by atoms with E-state index in [1.54, 1.807) is 7.11 Å². The second-order valence-corrected chi connectivity index (χ2v) is 7.97. The number of rotatable bonds is 6. The maximum absolute atomic E-state index is 5.89. The van der Waals surface area contributed by atoms with E-state index in [1.165, 1.54) is 17.3 Å². The van der Waals surface area contributed by atoms with Crippen molar-refractivity contribution in [2.45, 2.75) is 24.3 Å². The summed E-state index contributed by atoms with van der Waals surface area (Å²) in [5.41, 5.74) is 3.07. The van der Waals surface area contributed by atoms with Gasteiger partial charge in [-0.25, -0.2) is 0 Å². The standard InChI is InChI=1S/C21H21N5O2S/c1-13-5-7-16(8-6-13)20-24-23-19(28-20)14(2)29-21-25-22-18(26(21)3)15-9-11-17(27-4)12-10-15/h5-12,14H,1-4H3/t14-/m0/s1. The van der Waals surface area contributed by atoms with Crippen LogP contribution in [0.15, 0.2) is 58.1 Å². The quantitative estimate of drug-likeness (QED) is 0.429. The molecule has 0 aliphatic rings. The van der Waals surface area contributed by atoms with Crippen LogP contribution in [0.5, 0.6) is 5.75 Å². The predicted molar refractivity (Wildman–Crippen MR) is 112 cm³/mol. The zero-order valence-electron chi connectivity index (χ0n) is 16.7. The van der Waals surface area contributed by atoms with Crippen molar-refractivity contribution < 1.29 is 9.15 Å². The third-order valence-corrected chi connectivity index (χ3v) is 5.67. The number of aromatic nitrogens is 5. The van der Waals surface area contributed by atoms with Crippen molar-refractivity contribution in [1.82, 2.24) is 25.0 Å². The molecule has 0 saturated heterocycles. The van der Waals surface area contributed by atoms with Crippen LogP contribution in [0.4, 0.5) is 0 Å². The van der Waals surface area contributed by atoms with E-state index in [1.807, 2.05) is 74.0 Å². The molecule has 0 fully saturated rings. The summed E-state index contributed by atoms with van der Waals surface area (Å²) in [5, 5.41) is 17.8. The highest BCUT2D eigenvalue weighted by molar-refractivity contribution is 7.99. The van der Waals surface area contributed by atoms with Gasteiger partial charge >= 0.3 is 0 Å². The van der Waals surface area contributed by atoms with Crippen molar-refractivity contribution in [3.05, 3.63) is 60.0 Å². The minimum atomic E-state index is -0.0617. The molecule has 0 N–H and O–H groups in total. The summed E-state index contributed by atoms with van der Waals surface area (Å²) < 4.78 is 13.1. The lowest BCUT2D eigenvalue weighted by molar-refractivity contribution is 0.415. The van der Waals surface area contributed by atoms with Crippen LogP contribution in [-0.2, 0) is 7.05 Å². The molecule has 8 heteroatoms. The summed E-state index contributed by atoms with van der Waals surface area (Å²) in [5.74, 6) is 2.66. The normalized spacial score (nSPS) is 12.1. The van der Waals surface area contributed by atoms with Gasteiger partial charge in [-0.15, -0.1) is 20.4 Å². The maximum atomic E-state index is 5.89. The Morgan fingerprint density at radius 2 is 1.62 bits per heavy atom. The smallest absolute Gasteiger partial charge is 0.247 e. The monoisotopic (exact) mass is 407 g/mol. The topological polar surface area (TPSA) is 78.9 Å². The van der Waals surface area contributed by atoms with Gasteiger partial charge in [0, 0.05) is 18.2 Å². The van der Waals surface area contributed by atoms with Gasteiger partial charge in [-0.2, -0.15) is 0 Å². The molecule has 0 spiro atoms. The largest absolute Gasteiger partial charge is 0.497 e. The van der Waals surface area contributed by atoms with E-state index in [-0.39, 0.29) is 5.25 Å². The average molecular weight is 407 g/mol. The van der Waals surface area contributed by atoms with Crippen LogP contribution < -0.4 is 4.74 Å². The molecule has 148 valence electrons. The fourth-order valence-corrected chi connectivity index (χ4v) is 3.67. The van der Waals surface area contributed by atoms with Crippen LogP contribution in [0.3, 0.4) is 0 Å². The Kier molecular flexibility index (Phi) is 5.35. The van der Waals surface area contributed by atoms with Crippen molar-refractivity contribution in [3.63, 3.8) is 0 Å². The highest BCUT2D eigenvalue weighted by Gasteiger charge is 2.20. The number of thioether (sulfide) groups is 1. The third kappa shape index (κ3) is 4.02. The van der Waals surface area contributed by atoms with Gasteiger partial charge in [-0.3, -0.25) is 0 Å². The molecule has 0 aliphatic heterocycles. The first-order valence-corrected chi connectivity index (χ1v) is 10.0. The zero-order valence-corrected chi connectivity index (χ0v) is 17.5. The fourth-order valence-electron chi connectivity index (χ4n) is 2.83. The first-order chi connectivity index (χ1) is 14.0. The van der Waals surface area contributed by atoms with Gasteiger partial charge in [0.1, 0.15) is 5.75 Å². The fraction of sp³-hybridized carbons (Fsp3) is 0.238. The molecule has 2 aromatic heterocycles. The Morgan fingerprint density at radius 3 is 2.31 bits per heavy atom. The van der Waals surface area contributed by atoms with E-state index in [9.17, 15) is 0 Å². The van der Waals surface area contributed by atoms with Gasteiger partial charge in [0.15, 0.2) is 11.0 Å². The third-order valence-electron chi connectivity index (χ3n) is 4.55. The zero-order chi connectivity index (χ0) is 20.4. The number of nitrogens with zero attached hydrogens (tertiary/aromatic N) is 5. The first-order valence-electron chi connectivity index (χ1n) is 9.16. The summed E-state index contributed by atoms with van der Waals surface area (Å²) in [7, 11) is 3.59. The lowest BCUT2D eigenvalue weighted by atomic mass is 10.1. The van der Waals surface area contributed by atoms with Gasteiger partial charge in [-0.1, -0.05) is 29.5 Å². The molecular formula is C21H21N5O2S. The van der Waals surface area contributed by atoms with E-state index in [4.69, 9.17) is 9.15 Å². The molecule has 0 amide bonds. The molecule has 0 radical (unpaired) electrons. The number of ether oxygens (including phenoxy) is 1. The number of benzene rings is 2. The molecule has 7 nitrogen and oxygen atoms in total. The van der Waals surface area contributed by atoms with Gasteiger partial charge in [0.05, 0.1) is 12.4 Å². The van der Waals surface area contributed by atoms with E-state index in [0.717, 1.165) is 27.9 Å². The summed E-state index contributed by atoms with van der Waals surface area (Å²) in [6, 6.07) is 15.8. The SMILES string of the molecule is COc1ccc(-c2nnc(S[C@@H](C)c3nnc(-c4ccc(C)cc4)o3)n2C)cc1.